The van der Waals surface area contributed by atoms with Gasteiger partial charge in [0.25, 0.3) is 5.91 Å². The van der Waals surface area contributed by atoms with Crippen molar-refractivity contribution in [3.63, 3.8) is 0 Å². The molecule has 1 unspecified atom stereocenters. The molecule has 0 bridgehead atoms. The lowest BCUT2D eigenvalue weighted by Crippen LogP contribution is -2.40. The molecule has 0 aliphatic carbocycles. The minimum Gasteiger partial charge on any atom is -0.490 e. The number of aromatic nitrogens is 2. The largest absolute Gasteiger partial charge is 0.490 e. The number of anilines is 2. The number of ether oxygens (including phenoxy) is 3. The smallest absolute Gasteiger partial charge is 0.328 e. The van der Waals surface area contributed by atoms with Gasteiger partial charge >= 0.3 is 6.03 Å². The van der Waals surface area contributed by atoms with Gasteiger partial charge in [-0.25, -0.2) is 14.8 Å². The van der Waals surface area contributed by atoms with Gasteiger partial charge in [-0.15, -0.1) is 0 Å². The van der Waals surface area contributed by atoms with Crippen LogP contribution in [0.25, 0.3) is 0 Å². The molecule has 0 spiro atoms. The number of methoxy groups -OCH3 is 2. The van der Waals surface area contributed by atoms with Crippen LogP contribution in [0.4, 0.5) is 16.4 Å². The molecule has 0 saturated carbocycles. The van der Waals surface area contributed by atoms with E-state index in [4.69, 9.17) is 14.2 Å². The number of carbonyl (C=O) groups excluding carboxylic acids is 3. The first-order chi connectivity index (χ1) is 18.0. The standard InChI is InChI=1S/C25H28N6O6/c1-35-8-9-37-21-11-22(27-13-18(21)12-26)29-25(34)31-6-3-4-16-10-17(19(15-32)28-23(16)31)14-30-7-5-20(36-2)24(30)33/h10-11,13,15,20H,3-9,14H2,1-2H3,(H,27,29,34). The Morgan fingerprint density at radius 1 is 1.30 bits per heavy atom. The molecule has 1 saturated heterocycles. The summed E-state index contributed by atoms with van der Waals surface area (Å²) in [5.74, 6) is 0.763. The molecular weight excluding hydrogens is 480 g/mol. The van der Waals surface area contributed by atoms with E-state index in [1.54, 1.807) is 12.0 Å². The lowest BCUT2D eigenvalue weighted by Gasteiger charge is -2.29. The predicted molar refractivity (Wildman–Crippen MR) is 131 cm³/mol. The number of urea groups is 1. The number of aryl methyl sites for hydroxylation is 1. The van der Waals surface area contributed by atoms with Gasteiger partial charge < -0.3 is 19.1 Å². The molecule has 37 heavy (non-hydrogen) atoms. The molecule has 4 rings (SSSR count). The van der Waals surface area contributed by atoms with Crippen LogP contribution in [0.5, 0.6) is 5.75 Å². The Bertz CT molecular complexity index is 1230. The number of hydrogen-bond donors (Lipinski definition) is 1. The quantitative estimate of drug-likeness (QED) is 0.396. The zero-order valence-electron chi connectivity index (χ0n) is 20.7. The molecule has 12 nitrogen and oxygen atoms in total. The Morgan fingerprint density at radius 2 is 2.14 bits per heavy atom. The molecule has 2 aromatic heterocycles. The van der Waals surface area contributed by atoms with Crippen molar-refractivity contribution in [2.75, 3.05) is 50.7 Å². The Kier molecular flexibility index (Phi) is 8.27. The summed E-state index contributed by atoms with van der Waals surface area (Å²) in [6.07, 6.45) is 3.47. The first-order valence-electron chi connectivity index (χ1n) is 11.9. The van der Waals surface area contributed by atoms with E-state index in [-0.39, 0.29) is 41.9 Å². The summed E-state index contributed by atoms with van der Waals surface area (Å²) in [6.45, 7) is 1.76. The van der Waals surface area contributed by atoms with Crippen LogP contribution >= 0.6 is 0 Å². The summed E-state index contributed by atoms with van der Waals surface area (Å²) < 4.78 is 15.8. The van der Waals surface area contributed by atoms with E-state index in [2.05, 4.69) is 15.3 Å². The van der Waals surface area contributed by atoms with Gasteiger partial charge in [-0.2, -0.15) is 5.26 Å². The highest BCUT2D eigenvalue weighted by Gasteiger charge is 2.33. The van der Waals surface area contributed by atoms with Crippen molar-refractivity contribution in [2.45, 2.75) is 31.9 Å². The number of likely N-dealkylation sites (tertiary alicyclic amines) is 1. The second kappa shape index (κ2) is 11.8. The maximum Gasteiger partial charge on any atom is 0.328 e. The molecule has 194 valence electrons. The SMILES string of the molecule is COCCOc1cc(NC(=O)N2CCCc3cc(CN4CCC(OC)C4=O)c(C=O)nc32)ncc1C#N. The Labute approximate surface area is 214 Å². The molecule has 0 aromatic carbocycles. The van der Waals surface area contributed by atoms with E-state index in [0.717, 1.165) is 5.56 Å². The van der Waals surface area contributed by atoms with Gasteiger partial charge in [-0.1, -0.05) is 0 Å². The molecule has 2 aliphatic rings. The van der Waals surface area contributed by atoms with Crippen molar-refractivity contribution in [1.29, 1.82) is 5.26 Å². The van der Waals surface area contributed by atoms with Gasteiger partial charge in [-0.05, 0) is 24.5 Å². The number of rotatable bonds is 9. The molecular formula is C25H28N6O6. The van der Waals surface area contributed by atoms with Crippen molar-refractivity contribution in [2.24, 2.45) is 0 Å². The monoisotopic (exact) mass is 508 g/mol. The van der Waals surface area contributed by atoms with Crippen LogP contribution in [0.1, 0.15) is 40.0 Å². The Morgan fingerprint density at radius 3 is 2.84 bits per heavy atom. The molecule has 1 atom stereocenters. The van der Waals surface area contributed by atoms with Gasteiger partial charge in [0.05, 0.1) is 12.8 Å². The zero-order valence-corrected chi connectivity index (χ0v) is 20.7. The number of nitriles is 1. The Balaban J connectivity index is 1.53. The molecule has 2 aliphatic heterocycles. The molecule has 1 fully saturated rings. The maximum absolute atomic E-state index is 13.2. The molecule has 4 heterocycles. The van der Waals surface area contributed by atoms with Crippen LogP contribution in [-0.2, 0) is 27.2 Å². The van der Waals surface area contributed by atoms with Gasteiger partial charge in [0.2, 0.25) is 0 Å². The van der Waals surface area contributed by atoms with Crippen LogP contribution in [0.3, 0.4) is 0 Å². The maximum atomic E-state index is 13.2. The van der Waals surface area contributed by atoms with E-state index >= 15 is 0 Å². The summed E-state index contributed by atoms with van der Waals surface area (Å²) >= 11 is 0. The number of nitrogens with one attached hydrogen (secondary N) is 1. The summed E-state index contributed by atoms with van der Waals surface area (Å²) in [4.78, 5) is 49.3. The normalized spacial score (nSPS) is 16.8. The number of pyridine rings is 2. The highest BCUT2D eigenvalue weighted by Crippen LogP contribution is 2.29. The topological polar surface area (TPSA) is 147 Å². The van der Waals surface area contributed by atoms with Crippen molar-refractivity contribution < 1.29 is 28.6 Å². The number of nitrogens with zero attached hydrogens (tertiary/aromatic N) is 5. The average molecular weight is 509 g/mol. The third-order valence-electron chi connectivity index (χ3n) is 6.29. The predicted octanol–water partition coefficient (Wildman–Crippen LogP) is 1.92. The van der Waals surface area contributed by atoms with Crippen molar-refractivity contribution in [3.05, 3.63) is 40.7 Å². The van der Waals surface area contributed by atoms with E-state index in [1.165, 1.54) is 24.3 Å². The van der Waals surface area contributed by atoms with Crippen molar-refractivity contribution >= 4 is 29.9 Å². The third kappa shape index (κ3) is 5.68. The van der Waals surface area contributed by atoms with Crippen LogP contribution in [0.15, 0.2) is 18.3 Å². The second-order valence-corrected chi connectivity index (χ2v) is 8.61. The summed E-state index contributed by atoms with van der Waals surface area (Å²) in [5.41, 5.74) is 1.86. The fraction of sp³-hybridized carbons (Fsp3) is 0.440. The zero-order chi connectivity index (χ0) is 26.4. The van der Waals surface area contributed by atoms with Crippen molar-refractivity contribution in [3.8, 4) is 11.8 Å². The minimum absolute atomic E-state index is 0.112. The van der Waals surface area contributed by atoms with Gasteiger partial charge in [0, 0.05) is 51.9 Å². The average Bonchev–Trinajstić information content (AvgIpc) is 3.26. The second-order valence-electron chi connectivity index (χ2n) is 8.61. The van der Waals surface area contributed by atoms with E-state index in [1.807, 2.05) is 12.1 Å². The van der Waals surface area contributed by atoms with Crippen LogP contribution < -0.4 is 15.0 Å². The van der Waals surface area contributed by atoms with Gasteiger partial charge in [0.15, 0.2) is 6.29 Å². The number of amides is 3. The summed E-state index contributed by atoms with van der Waals surface area (Å²) in [6, 6.07) is 4.85. The van der Waals surface area contributed by atoms with Crippen LogP contribution in [0.2, 0.25) is 0 Å². The molecule has 3 amide bonds. The number of hydrogen-bond acceptors (Lipinski definition) is 9. The molecule has 1 N–H and O–H groups in total. The van der Waals surface area contributed by atoms with Gasteiger partial charge in [-0.3, -0.25) is 19.8 Å². The molecule has 0 radical (unpaired) electrons. The summed E-state index contributed by atoms with van der Waals surface area (Å²) in [5, 5.41) is 12.0. The lowest BCUT2D eigenvalue weighted by molar-refractivity contribution is -0.136. The highest BCUT2D eigenvalue weighted by atomic mass is 16.5. The minimum atomic E-state index is -0.476. The van der Waals surface area contributed by atoms with Crippen LogP contribution in [-0.4, -0.2) is 79.7 Å². The fourth-order valence-corrected chi connectivity index (χ4v) is 4.40. The number of carbonyl (C=O) groups is 3. The first kappa shape index (κ1) is 26.0. The van der Waals surface area contributed by atoms with Crippen LogP contribution in [0, 0.1) is 11.3 Å². The third-order valence-corrected chi connectivity index (χ3v) is 6.29. The first-order valence-corrected chi connectivity index (χ1v) is 11.9. The Hall–Kier alpha value is -4.08. The fourth-order valence-electron chi connectivity index (χ4n) is 4.40. The van der Waals surface area contributed by atoms with E-state index in [9.17, 15) is 19.6 Å². The molecule has 12 heteroatoms. The van der Waals surface area contributed by atoms with Gasteiger partial charge in [0.1, 0.15) is 47.4 Å². The number of fused-ring (bicyclic) bond motifs is 1. The lowest BCUT2D eigenvalue weighted by atomic mass is 10.0. The van der Waals surface area contributed by atoms with E-state index < -0.39 is 12.1 Å². The molecule has 2 aromatic rings. The number of aldehydes is 1. The van der Waals surface area contributed by atoms with E-state index in [0.29, 0.717) is 56.6 Å². The highest BCUT2D eigenvalue weighted by molar-refractivity contribution is 6.01. The summed E-state index contributed by atoms with van der Waals surface area (Å²) in [7, 11) is 3.05. The van der Waals surface area contributed by atoms with Crippen molar-refractivity contribution in [1.82, 2.24) is 14.9 Å².